The number of nitrogens with one attached hydrogen (secondary N) is 1. The Balaban J connectivity index is 2.55. The van der Waals surface area contributed by atoms with Crippen molar-refractivity contribution < 1.29 is 31.2 Å². The highest BCUT2D eigenvalue weighted by molar-refractivity contribution is 7.54. The van der Waals surface area contributed by atoms with Crippen molar-refractivity contribution in [2.75, 3.05) is 13.2 Å². The molecule has 0 aromatic heterocycles. The van der Waals surface area contributed by atoms with Gasteiger partial charge in [-0.1, -0.05) is 44.2 Å². The summed E-state index contributed by atoms with van der Waals surface area (Å²) < 4.78 is 79.5. The number of benzene rings is 2. The summed E-state index contributed by atoms with van der Waals surface area (Å²) in [6.45, 7) is 5.44. The van der Waals surface area contributed by atoms with Crippen LogP contribution >= 0.6 is 7.60 Å². The van der Waals surface area contributed by atoms with E-state index in [9.17, 15) is 22.1 Å². The number of hydrogen-bond donors (Lipinski definition) is 1. The van der Waals surface area contributed by atoms with Crippen molar-refractivity contribution in [1.29, 1.82) is 0 Å². The number of hydrogen-bond acceptors (Lipinski definition) is 4. The van der Waals surface area contributed by atoms with Crippen LogP contribution in [-0.2, 0) is 19.8 Å². The maximum atomic E-state index is 13.8. The van der Waals surface area contributed by atoms with Crippen LogP contribution in [0, 0.1) is 5.82 Å². The molecule has 2 atom stereocenters. The molecule has 0 aliphatic heterocycles. The Morgan fingerprint density at radius 1 is 0.968 bits per heavy atom. The van der Waals surface area contributed by atoms with E-state index in [1.54, 1.807) is 20.8 Å². The molecule has 1 N–H and O–H groups in total. The summed E-state index contributed by atoms with van der Waals surface area (Å²) >= 11 is 0. The monoisotopic (exact) mass is 461 g/mol. The summed E-state index contributed by atoms with van der Waals surface area (Å²) in [6.07, 6.45) is -3.63. The first-order valence-corrected chi connectivity index (χ1v) is 11.8. The molecule has 0 spiro atoms. The molecule has 2 rings (SSSR count). The highest BCUT2D eigenvalue weighted by Gasteiger charge is 2.43. The molecule has 0 radical (unpaired) electrons. The fraction of sp³-hybridized carbons (Fsp3) is 0.455. The molecule has 0 aliphatic carbocycles. The summed E-state index contributed by atoms with van der Waals surface area (Å²) in [5.41, 5.74) is -0.521. The summed E-state index contributed by atoms with van der Waals surface area (Å²) in [5.74, 6) is -1.80. The minimum atomic E-state index is -4.66. The molecule has 0 heterocycles. The van der Waals surface area contributed by atoms with Crippen LogP contribution in [0.5, 0.6) is 0 Å². The second-order valence-corrected chi connectivity index (χ2v) is 9.25. The Bertz CT molecular complexity index is 862. The molecule has 31 heavy (non-hydrogen) atoms. The smallest absolute Gasteiger partial charge is 0.307 e. The second kappa shape index (κ2) is 11.2. The van der Waals surface area contributed by atoms with E-state index >= 15 is 0 Å². The van der Waals surface area contributed by atoms with Gasteiger partial charge in [0.15, 0.2) is 0 Å². The summed E-state index contributed by atoms with van der Waals surface area (Å²) in [5, 5.41) is 3.00. The van der Waals surface area contributed by atoms with Crippen molar-refractivity contribution in [2.24, 2.45) is 0 Å². The van der Waals surface area contributed by atoms with Gasteiger partial charge in [0.25, 0.3) is 0 Å². The van der Waals surface area contributed by atoms with Crippen molar-refractivity contribution in [1.82, 2.24) is 5.32 Å². The van der Waals surface area contributed by atoms with Crippen LogP contribution in [0.2, 0.25) is 0 Å². The minimum Gasteiger partial charge on any atom is -0.307 e. The fourth-order valence-corrected chi connectivity index (χ4v) is 5.27. The third-order valence-corrected chi connectivity index (χ3v) is 6.75. The van der Waals surface area contributed by atoms with Gasteiger partial charge >= 0.3 is 13.8 Å². The van der Waals surface area contributed by atoms with Gasteiger partial charge in [0.05, 0.1) is 18.8 Å². The van der Waals surface area contributed by atoms with Gasteiger partial charge in [0.1, 0.15) is 11.6 Å². The van der Waals surface area contributed by atoms with E-state index < -0.39 is 37.0 Å². The predicted octanol–water partition coefficient (Wildman–Crippen LogP) is 7.24. The Labute approximate surface area is 180 Å². The molecule has 0 fully saturated rings. The summed E-state index contributed by atoms with van der Waals surface area (Å²) in [4.78, 5) is 0. The van der Waals surface area contributed by atoms with Gasteiger partial charge in [-0.25, -0.2) is 4.39 Å². The van der Waals surface area contributed by atoms with Crippen molar-refractivity contribution in [2.45, 2.75) is 51.6 Å². The van der Waals surface area contributed by atoms with Crippen LogP contribution in [-0.4, -0.2) is 13.2 Å². The largest absolute Gasteiger partial charge is 0.416 e. The lowest BCUT2D eigenvalue weighted by atomic mass is 10.0. The maximum absolute atomic E-state index is 13.8. The Kier molecular flexibility index (Phi) is 9.25. The van der Waals surface area contributed by atoms with E-state index in [0.29, 0.717) is 18.4 Å². The topological polar surface area (TPSA) is 47.6 Å². The zero-order chi connectivity index (χ0) is 23.1. The van der Waals surface area contributed by atoms with Crippen LogP contribution in [0.3, 0.4) is 0 Å². The van der Waals surface area contributed by atoms with Gasteiger partial charge in [0.2, 0.25) is 0 Å². The third kappa shape index (κ3) is 6.88. The first kappa shape index (κ1) is 25.5. The maximum Gasteiger partial charge on any atom is 0.416 e. The van der Waals surface area contributed by atoms with E-state index in [0.717, 1.165) is 6.07 Å². The lowest BCUT2D eigenvalue weighted by molar-refractivity contribution is -0.138. The van der Waals surface area contributed by atoms with Crippen LogP contribution in [0.25, 0.3) is 0 Å². The number of halogens is 4. The second-order valence-electron chi connectivity index (χ2n) is 7.13. The minimum absolute atomic E-state index is 0.0677. The van der Waals surface area contributed by atoms with Crippen molar-refractivity contribution in [3.05, 3.63) is 71.0 Å². The molecule has 2 aromatic rings. The zero-order valence-electron chi connectivity index (χ0n) is 17.8. The van der Waals surface area contributed by atoms with E-state index in [2.05, 4.69) is 5.32 Å². The first-order valence-electron chi connectivity index (χ1n) is 10.2. The summed E-state index contributed by atoms with van der Waals surface area (Å²) in [7, 11) is -4.05. The van der Waals surface area contributed by atoms with Gasteiger partial charge < -0.3 is 9.05 Å². The molecule has 0 bridgehead atoms. The molecule has 4 nitrogen and oxygen atoms in total. The number of rotatable bonds is 11. The molecular weight excluding hydrogens is 433 g/mol. The van der Waals surface area contributed by atoms with Gasteiger partial charge in [-0.2, -0.15) is 13.2 Å². The van der Waals surface area contributed by atoms with E-state index in [-0.39, 0.29) is 18.8 Å². The standard InChI is InChI=1S/C22H28F4NO3P/c1-4-14-29-31(28,30-15-5-2)21(19-8-6-7-9-20(19)22(24,25)26)27-16(3)17-10-12-18(23)13-11-17/h6-13,16,21,27H,4-5,14-15H2,1-3H3/t16-,21?/m1/s1. The van der Waals surface area contributed by atoms with E-state index in [1.165, 1.54) is 42.5 Å². The molecular formula is C22H28F4NO3P. The Morgan fingerprint density at radius 3 is 2.03 bits per heavy atom. The zero-order valence-corrected chi connectivity index (χ0v) is 18.7. The van der Waals surface area contributed by atoms with E-state index in [4.69, 9.17) is 9.05 Å². The number of alkyl halides is 3. The average molecular weight is 461 g/mol. The van der Waals surface area contributed by atoms with Gasteiger partial charge in [0, 0.05) is 6.04 Å². The molecule has 0 saturated heterocycles. The molecule has 0 aliphatic rings. The van der Waals surface area contributed by atoms with E-state index in [1.807, 2.05) is 0 Å². The highest BCUT2D eigenvalue weighted by Crippen LogP contribution is 2.61. The van der Waals surface area contributed by atoms with Crippen LogP contribution in [0.1, 0.15) is 62.1 Å². The van der Waals surface area contributed by atoms with Gasteiger partial charge in [-0.3, -0.25) is 9.88 Å². The SMILES string of the molecule is CCCOP(=O)(OCCC)C(N[C@H](C)c1ccc(F)cc1)c1ccccc1C(F)(F)F. The molecule has 172 valence electrons. The molecule has 0 saturated carbocycles. The predicted molar refractivity (Wildman–Crippen MR) is 112 cm³/mol. The third-order valence-electron chi connectivity index (χ3n) is 4.61. The van der Waals surface area contributed by atoms with Crippen LogP contribution in [0.15, 0.2) is 48.5 Å². The molecule has 0 amide bonds. The lowest BCUT2D eigenvalue weighted by Gasteiger charge is -2.32. The Morgan fingerprint density at radius 2 is 1.52 bits per heavy atom. The fourth-order valence-electron chi connectivity index (χ4n) is 3.05. The molecule has 2 aromatic carbocycles. The van der Waals surface area contributed by atoms with Crippen molar-refractivity contribution >= 4 is 7.60 Å². The van der Waals surface area contributed by atoms with Gasteiger partial charge in [-0.15, -0.1) is 0 Å². The molecule has 9 heteroatoms. The van der Waals surface area contributed by atoms with Crippen molar-refractivity contribution in [3.63, 3.8) is 0 Å². The Hall–Kier alpha value is -1.73. The first-order chi connectivity index (χ1) is 14.6. The highest BCUT2D eigenvalue weighted by atomic mass is 31.2. The van der Waals surface area contributed by atoms with Crippen molar-refractivity contribution in [3.8, 4) is 0 Å². The lowest BCUT2D eigenvalue weighted by Crippen LogP contribution is -2.28. The molecule has 1 unspecified atom stereocenters. The normalized spacial score (nSPS) is 14.4. The quantitative estimate of drug-likeness (QED) is 0.283. The van der Waals surface area contributed by atoms with Crippen LogP contribution < -0.4 is 5.32 Å². The average Bonchev–Trinajstić information content (AvgIpc) is 2.74. The van der Waals surface area contributed by atoms with Crippen LogP contribution in [0.4, 0.5) is 17.6 Å². The summed E-state index contributed by atoms with van der Waals surface area (Å²) in [6, 6.07) is 9.93. The van der Waals surface area contributed by atoms with Gasteiger partial charge in [-0.05, 0) is 49.1 Å².